The van der Waals surface area contributed by atoms with Crippen LogP contribution in [-0.4, -0.2) is 55.4 Å². The molecular formula is C18H27FN2O2S. The molecule has 134 valence electrons. The number of rotatable bonds is 8. The molecular weight excluding hydrogens is 327 g/mol. The van der Waals surface area contributed by atoms with E-state index in [0.717, 1.165) is 26.2 Å². The second kappa shape index (κ2) is 10.0. The Balaban J connectivity index is 1.63. The van der Waals surface area contributed by atoms with Crippen LogP contribution < -0.4 is 5.32 Å². The summed E-state index contributed by atoms with van der Waals surface area (Å²) < 4.78 is 19.2. The summed E-state index contributed by atoms with van der Waals surface area (Å²) in [7, 11) is 0. The van der Waals surface area contributed by atoms with E-state index < -0.39 is 0 Å². The summed E-state index contributed by atoms with van der Waals surface area (Å²) >= 11 is 1.37. The molecule has 0 spiro atoms. The van der Waals surface area contributed by atoms with E-state index in [1.165, 1.54) is 17.8 Å². The molecule has 1 heterocycles. The van der Waals surface area contributed by atoms with Crippen molar-refractivity contribution in [2.45, 2.75) is 31.3 Å². The van der Waals surface area contributed by atoms with E-state index in [2.05, 4.69) is 24.1 Å². The number of morpholine rings is 1. The SMILES string of the molecule is CC(C)CN1CCOC(CNC(=O)CCSc2ccccc2F)C1. The van der Waals surface area contributed by atoms with Crippen LogP contribution in [0.25, 0.3) is 0 Å². The number of nitrogens with zero attached hydrogens (tertiary/aromatic N) is 1. The number of thioether (sulfide) groups is 1. The summed E-state index contributed by atoms with van der Waals surface area (Å²) in [5, 5.41) is 2.93. The van der Waals surface area contributed by atoms with Gasteiger partial charge in [0.05, 0.1) is 12.7 Å². The van der Waals surface area contributed by atoms with E-state index in [1.54, 1.807) is 18.2 Å². The third-order valence-corrected chi connectivity index (χ3v) is 4.85. The summed E-state index contributed by atoms with van der Waals surface area (Å²) in [5.41, 5.74) is 0. The van der Waals surface area contributed by atoms with Gasteiger partial charge in [-0.05, 0) is 18.1 Å². The van der Waals surface area contributed by atoms with Gasteiger partial charge in [0.2, 0.25) is 5.91 Å². The predicted molar refractivity (Wildman–Crippen MR) is 95.8 cm³/mol. The lowest BCUT2D eigenvalue weighted by molar-refractivity contribution is -0.121. The number of carbonyl (C=O) groups excluding carboxylic acids is 1. The van der Waals surface area contributed by atoms with Gasteiger partial charge in [-0.1, -0.05) is 26.0 Å². The number of hydrogen-bond donors (Lipinski definition) is 1. The molecule has 0 radical (unpaired) electrons. The highest BCUT2D eigenvalue weighted by Gasteiger charge is 2.21. The fourth-order valence-electron chi connectivity index (χ4n) is 2.72. The molecule has 1 saturated heterocycles. The minimum absolute atomic E-state index is 0.0107. The zero-order valence-electron chi connectivity index (χ0n) is 14.5. The molecule has 1 N–H and O–H groups in total. The zero-order valence-corrected chi connectivity index (χ0v) is 15.3. The van der Waals surface area contributed by atoms with Crippen molar-refractivity contribution >= 4 is 17.7 Å². The Morgan fingerprint density at radius 2 is 2.25 bits per heavy atom. The normalized spacial score (nSPS) is 18.8. The Kier molecular flexibility index (Phi) is 8.02. The van der Waals surface area contributed by atoms with Gasteiger partial charge in [0.1, 0.15) is 5.82 Å². The highest BCUT2D eigenvalue weighted by Crippen LogP contribution is 2.21. The van der Waals surface area contributed by atoms with Gasteiger partial charge < -0.3 is 10.1 Å². The Hall–Kier alpha value is -1.11. The van der Waals surface area contributed by atoms with Gasteiger partial charge in [-0.2, -0.15) is 0 Å². The summed E-state index contributed by atoms with van der Waals surface area (Å²) in [6, 6.07) is 6.64. The van der Waals surface area contributed by atoms with Crippen LogP contribution >= 0.6 is 11.8 Å². The molecule has 0 aromatic heterocycles. The molecule has 1 atom stereocenters. The molecule has 1 aromatic rings. The van der Waals surface area contributed by atoms with E-state index in [4.69, 9.17) is 4.74 Å². The van der Waals surface area contributed by atoms with Gasteiger partial charge in [0.15, 0.2) is 0 Å². The van der Waals surface area contributed by atoms with Crippen LogP contribution in [0.1, 0.15) is 20.3 Å². The Labute approximate surface area is 148 Å². The van der Waals surface area contributed by atoms with E-state index >= 15 is 0 Å². The van der Waals surface area contributed by atoms with Crippen LogP contribution in [0, 0.1) is 11.7 Å². The first-order valence-corrected chi connectivity index (χ1v) is 9.51. The van der Waals surface area contributed by atoms with Crippen LogP contribution in [0.2, 0.25) is 0 Å². The average Bonchev–Trinajstić information content (AvgIpc) is 2.54. The Bertz CT molecular complexity index is 527. The van der Waals surface area contributed by atoms with E-state index in [0.29, 0.717) is 29.5 Å². The number of hydrogen-bond acceptors (Lipinski definition) is 4. The monoisotopic (exact) mass is 354 g/mol. The zero-order chi connectivity index (χ0) is 17.4. The van der Waals surface area contributed by atoms with Crippen LogP contribution in [0.5, 0.6) is 0 Å². The van der Waals surface area contributed by atoms with Crippen molar-refractivity contribution in [3.8, 4) is 0 Å². The van der Waals surface area contributed by atoms with Crippen molar-refractivity contribution in [1.82, 2.24) is 10.2 Å². The fourth-order valence-corrected chi connectivity index (χ4v) is 3.61. The Morgan fingerprint density at radius 1 is 1.46 bits per heavy atom. The molecule has 1 fully saturated rings. The second-order valence-electron chi connectivity index (χ2n) is 6.48. The molecule has 4 nitrogen and oxygen atoms in total. The van der Waals surface area contributed by atoms with Crippen molar-refractivity contribution in [1.29, 1.82) is 0 Å². The third-order valence-electron chi connectivity index (χ3n) is 3.80. The number of halogens is 1. The van der Waals surface area contributed by atoms with Crippen molar-refractivity contribution in [3.05, 3.63) is 30.1 Å². The first kappa shape index (κ1) is 19.2. The first-order chi connectivity index (χ1) is 11.5. The fraction of sp³-hybridized carbons (Fsp3) is 0.611. The van der Waals surface area contributed by atoms with Gasteiger partial charge >= 0.3 is 0 Å². The molecule has 1 amide bonds. The van der Waals surface area contributed by atoms with Crippen LogP contribution in [0.3, 0.4) is 0 Å². The maximum absolute atomic E-state index is 13.5. The second-order valence-corrected chi connectivity index (χ2v) is 7.62. The largest absolute Gasteiger partial charge is 0.374 e. The van der Waals surface area contributed by atoms with Crippen LogP contribution in [0.4, 0.5) is 4.39 Å². The standard InChI is InChI=1S/C18H27FN2O2S/c1-14(2)12-21-8-9-23-15(13-21)11-20-18(22)7-10-24-17-6-4-3-5-16(17)19/h3-6,14-15H,7-13H2,1-2H3,(H,20,22). The average molecular weight is 354 g/mol. The highest BCUT2D eigenvalue weighted by molar-refractivity contribution is 7.99. The smallest absolute Gasteiger partial charge is 0.220 e. The van der Waals surface area contributed by atoms with Crippen LogP contribution in [0.15, 0.2) is 29.2 Å². The maximum atomic E-state index is 13.5. The van der Waals surface area contributed by atoms with Crippen molar-refractivity contribution in [2.24, 2.45) is 5.92 Å². The quantitative estimate of drug-likeness (QED) is 0.729. The van der Waals surface area contributed by atoms with Crippen molar-refractivity contribution < 1.29 is 13.9 Å². The topological polar surface area (TPSA) is 41.6 Å². The van der Waals surface area contributed by atoms with Crippen molar-refractivity contribution in [3.63, 3.8) is 0 Å². The van der Waals surface area contributed by atoms with Gasteiger partial charge in [0, 0.05) is 43.2 Å². The lowest BCUT2D eigenvalue weighted by Crippen LogP contribution is -2.48. The van der Waals surface area contributed by atoms with Gasteiger partial charge in [-0.3, -0.25) is 9.69 Å². The molecule has 6 heteroatoms. The lowest BCUT2D eigenvalue weighted by Gasteiger charge is -2.33. The lowest BCUT2D eigenvalue weighted by atomic mass is 10.2. The number of benzene rings is 1. The molecule has 0 bridgehead atoms. The number of amides is 1. The molecule has 0 aliphatic carbocycles. The van der Waals surface area contributed by atoms with Crippen LogP contribution in [-0.2, 0) is 9.53 Å². The number of carbonyl (C=O) groups is 1. The maximum Gasteiger partial charge on any atom is 0.220 e. The van der Waals surface area contributed by atoms with Gasteiger partial charge in [-0.15, -0.1) is 11.8 Å². The van der Waals surface area contributed by atoms with E-state index in [9.17, 15) is 9.18 Å². The minimum atomic E-state index is -0.233. The predicted octanol–water partition coefficient (Wildman–Crippen LogP) is 2.78. The summed E-state index contributed by atoms with van der Waals surface area (Å²) in [4.78, 5) is 14.9. The van der Waals surface area contributed by atoms with E-state index in [-0.39, 0.29) is 17.8 Å². The number of ether oxygens (including phenoxy) is 1. The molecule has 1 aliphatic rings. The third kappa shape index (κ3) is 6.79. The minimum Gasteiger partial charge on any atom is -0.374 e. The summed E-state index contributed by atoms with van der Waals surface area (Å²) in [5.74, 6) is 0.957. The molecule has 2 rings (SSSR count). The Morgan fingerprint density at radius 3 is 3.00 bits per heavy atom. The molecule has 1 aromatic carbocycles. The molecule has 1 aliphatic heterocycles. The van der Waals surface area contributed by atoms with Crippen molar-refractivity contribution in [2.75, 3.05) is 38.5 Å². The number of nitrogens with one attached hydrogen (secondary N) is 1. The van der Waals surface area contributed by atoms with E-state index in [1.807, 2.05) is 0 Å². The molecule has 24 heavy (non-hydrogen) atoms. The molecule has 1 unspecified atom stereocenters. The molecule has 0 saturated carbocycles. The summed E-state index contributed by atoms with van der Waals surface area (Å²) in [6.07, 6.45) is 0.433. The first-order valence-electron chi connectivity index (χ1n) is 8.52. The summed E-state index contributed by atoms with van der Waals surface area (Å²) in [6.45, 7) is 8.56. The van der Waals surface area contributed by atoms with Gasteiger partial charge in [-0.25, -0.2) is 4.39 Å². The highest BCUT2D eigenvalue weighted by atomic mass is 32.2. The van der Waals surface area contributed by atoms with Gasteiger partial charge in [0.25, 0.3) is 0 Å².